The molecule has 0 fully saturated rings. The van der Waals surface area contributed by atoms with E-state index in [0.29, 0.717) is 16.1 Å². The molecule has 0 radical (unpaired) electrons. The van der Waals surface area contributed by atoms with Crippen molar-refractivity contribution in [3.05, 3.63) is 69.7 Å². The monoisotopic (exact) mass is 416 g/mol. The van der Waals surface area contributed by atoms with Crippen LogP contribution in [0.25, 0.3) is 0 Å². The van der Waals surface area contributed by atoms with Gasteiger partial charge in [-0.3, -0.25) is 4.90 Å². The highest BCUT2D eigenvalue weighted by Gasteiger charge is 2.39. The van der Waals surface area contributed by atoms with E-state index >= 15 is 0 Å². The lowest BCUT2D eigenvalue weighted by molar-refractivity contribution is 0.199. The van der Waals surface area contributed by atoms with E-state index in [9.17, 15) is 5.26 Å². The van der Waals surface area contributed by atoms with Gasteiger partial charge in [0.15, 0.2) is 0 Å². The summed E-state index contributed by atoms with van der Waals surface area (Å²) in [5.74, 6) is 0.108. The molecule has 0 spiro atoms. The number of hydrogen-bond acceptors (Lipinski definition) is 2. The fraction of sp³-hybridized carbons (Fsp3) is 0.458. The highest BCUT2D eigenvalue weighted by molar-refractivity contribution is 6.36. The van der Waals surface area contributed by atoms with E-state index in [1.165, 1.54) is 5.56 Å². The van der Waals surface area contributed by atoms with Crippen LogP contribution in [0.1, 0.15) is 51.7 Å². The van der Waals surface area contributed by atoms with Crippen molar-refractivity contribution < 1.29 is 0 Å². The maximum atomic E-state index is 10.2. The van der Waals surface area contributed by atoms with Gasteiger partial charge in [-0.2, -0.15) is 5.26 Å². The average molecular weight is 417 g/mol. The lowest BCUT2D eigenvalue weighted by atomic mass is 9.69. The number of hydrogen-bond donors (Lipinski definition) is 0. The summed E-state index contributed by atoms with van der Waals surface area (Å²) in [6.45, 7) is 10.4. The van der Waals surface area contributed by atoms with Gasteiger partial charge in [0.2, 0.25) is 0 Å². The molecule has 0 N–H and O–H groups in total. The van der Waals surface area contributed by atoms with Gasteiger partial charge in [-0.1, -0.05) is 73.4 Å². The van der Waals surface area contributed by atoms with Gasteiger partial charge in [-0.15, -0.1) is 0 Å². The van der Waals surface area contributed by atoms with Crippen LogP contribution in [0.15, 0.2) is 48.5 Å². The first-order chi connectivity index (χ1) is 13.3. The fourth-order valence-electron chi connectivity index (χ4n) is 3.77. The highest BCUT2D eigenvalue weighted by atomic mass is 35.5. The van der Waals surface area contributed by atoms with Gasteiger partial charge >= 0.3 is 0 Å². The van der Waals surface area contributed by atoms with Gasteiger partial charge < -0.3 is 0 Å². The van der Waals surface area contributed by atoms with E-state index < -0.39 is 5.41 Å². The summed E-state index contributed by atoms with van der Waals surface area (Å²) >= 11 is 13.0. The van der Waals surface area contributed by atoms with Crippen molar-refractivity contribution in [2.45, 2.75) is 58.5 Å². The van der Waals surface area contributed by atoms with Crippen LogP contribution >= 0.6 is 23.2 Å². The van der Waals surface area contributed by atoms with Crippen molar-refractivity contribution in [3.63, 3.8) is 0 Å². The number of nitrogens with zero attached hydrogens (tertiary/aromatic N) is 2. The van der Waals surface area contributed by atoms with Gasteiger partial charge in [0.25, 0.3) is 0 Å². The molecule has 0 saturated heterocycles. The Kier molecular flexibility index (Phi) is 8.38. The summed E-state index contributed by atoms with van der Waals surface area (Å²) in [5, 5.41) is 11.3. The van der Waals surface area contributed by atoms with E-state index in [0.717, 1.165) is 31.5 Å². The molecule has 1 unspecified atom stereocenters. The maximum absolute atomic E-state index is 10.2. The van der Waals surface area contributed by atoms with Crippen LogP contribution < -0.4 is 0 Å². The molecular weight excluding hydrogens is 387 g/mol. The molecule has 0 aliphatic carbocycles. The van der Waals surface area contributed by atoms with Gasteiger partial charge in [0, 0.05) is 28.2 Å². The summed E-state index contributed by atoms with van der Waals surface area (Å²) in [6, 6.07) is 19.0. The molecule has 1 atom stereocenters. The molecule has 0 saturated carbocycles. The van der Waals surface area contributed by atoms with Crippen LogP contribution in [0, 0.1) is 17.2 Å². The minimum absolute atomic E-state index is 0.108. The lowest BCUT2D eigenvalue weighted by Crippen LogP contribution is -2.35. The average Bonchev–Trinajstić information content (AvgIpc) is 2.66. The normalized spacial score (nSPS) is 13.7. The second-order valence-corrected chi connectivity index (χ2v) is 8.80. The van der Waals surface area contributed by atoms with Crippen LogP contribution in [-0.2, 0) is 12.0 Å². The Bertz CT molecular complexity index is 776. The molecule has 0 heterocycles. The molecule has 2 nitrogen and oxygen atoms in total. The molecule has 4 heteroatoms. The van der Waals surface area contributed by atoms with Crippen molar-refractivity contribution in [2.24, 2.45) is 5.92 Å². The smallest absolute Gasteiger partial charge is 0.0874 e. The lowest BCUT2D eigenvalue weighted by Gasteiger charge is -2.34. The number of halogens is 2. The van der Waals surface area contributed by atoms with E-state index in [-0.39, 0.29) is 5.92 Å². The summed E-state index contributed by atoms with van der Waals surface area (Å²) in [5.41, 5.74) is 1.39. The second-order valence-electron chi connectivity index (χ2n) is 7.99. The molecular formula is C24H30Cl2N2. The fourth-order valence-corrected chi connectivity index (χ4v) is 4.50. The zero-order valence-corrected chi connectivity index (χ0v) is 18.8. The molecule has 2 aromatic rings. The van der Waals surface area contributed by atoms with Crippen LogP contribution in [0.2, 0.25) is 10.0 Å². The van der Waals surface area contributed by atoms with Crippen LogP contribution in [0.5, 0.6) is 0 Å². The van der Waals surface area contributed by atoms with E-state index in [2.05, 4.69) is 62.9 Å². The first-order valence-corrected chi connectivity index (χ1v) is 10.7. The van der Waals surface area contributed by atoms with Crippen LogP contribution in [0.3, 0.4) is 0 Å². The Balaban J connectivity index is 2.18. The van der Waals surface area contributed by atoms with Crippen molar-refractivity contribution in [3.8, 4) is 6.07 Å². The Morgan fingerprint density at radius 2 is 1.57 bits per heavy atom. The maximum Gasteiger partial charge on any atom is 0.0874 e. The zero-order chi connectivity index (χ0) is 20.7. The predicted octanol–water partition coefficient (Wildman–Crippen LogP) is 7.10. The first-order valence-electron chi connectivity index (χ1n) is 9.95. The van der Waals surface area contributed by atoms with E-state index in [1.807, 2.05) is 24.3 Å². The quantitative estimate of drug-likeness (QED) is 0.435. The van der Waals surface area contributed by atoms with Crippen LogP contribution in [0.4, 0.5) is 0 Å². The van der Waals surface area contributed by atoms with Gasteiger partial charge in [0.05, 0.1) is 11.5 Å². The Hall–Kier alpha value is -1.53. The number of benzene rings is 2. The van der Waals surface area contributed by atoms with Gasteiger partial charge in [-0.05, 0) is 56.8 Å². The third-order valence-corrected chi connectivity index (χ3v) is 6.20. The second kappa shape index (κ2) is 10.3. The Morgan fingerprint density at radius 1 is 0.964 bits per heavy atom. The largest absolute Gasteiger partial charge is 0.297 e. The Morgan fingerprint density at radius 3 is 2.07 bits per heavy atom. The third-order valence-electron chi connectivity index (χ3n) is 5.57. The minimum Gasteiger partial charge on any atom is -0.297 e. The van der Waals surface area contributed by atoms with Crippen molar-refractivity contribution in [2.75, 3.05) is 6.54 Å². The molecule has 2 rings (SSSR count). The topological polar surface area (TPSA) is 27.0 Å². The zero-order valence-electron chi connectivity index (χ0n) is 17.3. The minimum atomic E-state index is -0.690. The molecule has 0 aliphatic heterocycles. The molecule has 0 bridgehead atoms. The van der Waals surface area contributed by atoms with Crippen molar-refractivity contribution >= 4 is 23.2 Å². The third kappa shape index (κ3) is 5.29. The number of rotatable bonds is 9. The van der Waals surface area contributed by atoms with Crippen molar-refractivity contribution in [1.82, 2.24) is 4.90 Å². The molecule has 0 aromatic heterocycles. The summed E-state index contributed by atoms with van der Waals surface area (Å²) in [4.78, 5) is 2.45. The van der Waals surface area contributed by atoms with Gasteiger partial charge in [-0.25, -0.2) is 0 Å². The highest BCUT2D eigenvalue weighted by Crippen LogP contribution is 2.43. The van der Waals surface area contributed by atoms with Crippen LogP contribution in [-0.4, -0.2) is 17.5 Å². The number of nitriles is 1. The first kappa shape index (κ1) is 22.8. The molecule has 2 aromatic carbocycles. The summed E-state index contributed by atoms with van der Waals surface area (Å²) in [6.07, 6.45) is 1.63. The summed E-state index contributed by atoms with van der Waals surface area (Å²) in [7, 11) is 0. The summed E-state index contributed by atoms with van der Waals surface area (Å²) < 4.78 is 0. The molecule has 150 valence electrons. The van der Waals surface area contributed by atoms with Crippen molar-refractivity contribution in [1.29, 1.82) is 5.26 Å². The van der Waals surface area contributed by atoms with E-state index in [4.69, 9.17) is 23.2 Å². The molecule has 0 amide bonds. The Labute approximate surface area is 180 Å². The molecule has 28 heavy (non-hydrogen) atoms. The SMILES string of the molecule is CC(C)N(CCCC(C#N)(c1c(Cl)cccc1Cl)C(C)C)Cc1ccccc1. The predicted molar refractivity (Wildman–Crippen MR) is 120 cm³/mol. The standard InChI is InChI=1S/C24H30Cl2N2/c1-18(2)24(17-27,23-21(25)12-8-13-22(23)26)14-9-15-28(19(3)4)16-20-10-6-5-7-11-20/h5-8,10-13,18-19H,9,14-16H2,1-4H3. The van der Waals surface area contributed by atoms with Gasteiger partial charge in [0.1, 0.15) is 0 Å². The molecule has 0 aliphatic rings. The van der Waals surface area contributed by atoms with E-state index in [1.54, 1.807) is 0 Å².